The molecule has 1 heterocycles. The van der Waals surface area contributed by atoms with Crippen LogP contribution in [0.1, 0.15) is 26.6 Å². The van der Waals surface area contributed by atoms with Crippen molar-refractivity contribution in [1.29, 1.82) is 0 Å². The fraction of sp³-hybridized carbons (Fsp3) is 0.625. The number of aromatic nitrogens is 4. The topological polar surface area (TPSA) is 43.6 Å². The number of rotatable bonds is 1. The lowest BCUT2D eigenvalue weighted by atomic mass is 10.1. The van der Waals surface area contributed by atoms with Crippen LogP contribution in [0.2, 0.25) is 0 Å². The molecule has 0 saturated heterocycles. The van der Waals surface area contributed by atoms with E-state index in [4.69, 9.17) is 6.42 Å². The van der Waals surface area contributed by atoms with Crippen molar-refractivity contribution in [2.75, 3.05) is 0 Å². The molecule has 1 aromatic heterocycles. The van der Waals surface area contributed by atoms with Crippen LogP contribution < -0.4 is 0 Å². The lowest BCUT2D eigenvalue weighted by molar-refractivity contribution is 0.305. The van der Waals surface area contributed by atoms with E-state index in [1.807, 2.05) is 20.8 Å². The number of nitrogens with zero attached hydrogens (tertiary/aromatic N) is 4. The molecular formula is C8H12N4. The normalized spacial score (nSPS) is 11.2. The Morgan fingerprint density at radius 3 is 2.58 bits per heavy atom. The number of tetrazole rings is 1. The first-order chi connectivity index (χ1) is 5.54. The second-order valence-electron chi connectivity index (χ2n) is 3.55. The molecule has 0 bridgehead atoms. The van der Waals surface area contributed by atoms with E-state index in [0.29, 0.717) is 12.2 Å². The van der Waals surface area contributed by atoms with Gasteiger partial charge in [0, 0.05) is 0 Å². The predicted molar refractivity (Wildman–Crippen MR) is 45.4 cm³/mol. The zero-order valence-electron chi connectivity index (χ0n) is 7.57. The smallest absolute Gasteiger partial charge is 0.159 e. The molecule has 4 heteroatoms. The van der Waals surface area contributed by atoms with Crippen molar-refractivity contribution in [2.24, 2.45) is 0 Å². The molecule has 0 aliphatic rings. The van der Waals surface area contributed by atoms with Gasteiger partial charge in [0.15, 0.2) is 5.82 Å². The minimum absolute atomic E-state index is 0.125. The molecule has 0 radical (unpaired) electrons. The van der Waals surface area contributed by atoms with Crippen LogP contribution in [0.5, 0.6) is 0 Å². The van der Waals surface area contributed by atoms with Crippen molar-refractivity contribution >= 4 is 0 Å². The summed E-state index contributed by atoms with van der Waals surface area (Å²) in [6.45, 7) is 6.02. The maximum Gasteiger partial charge on any atom is 0.186 e. The summed E-state index contributed by atoms with van der Waals surface area (Å²) in [6, 6.07) is 0. The maximum absolute atomic E-state index is 5.11. The van der Waals surface area contributed by atoms with Gasteiger partial charge in [-0.1, -0.05) is 5.92 Å². The fourth-order valence-corrected chi connectivity index (χ4v) is 0.689. The molecule has 0 aromatic carbocycles. The van der Waals surface area contributed by atoms with Gasteiger partial charge in [-0.2, -0.15) is 4.80 Å². The molecule has 64 valence electrons. The van der Waals surface area contributed by atoms with Gasteiger partial charge in [-0.05, 0) is 26.0 Å². The Morgan fingerprint density at radius 2 is 2.17 bits per heavy atom. The van der Waals surface area contributed by atoms with Gasteiger partial charge in [0.25, 0.3) is 0 Å². The molecule has 0 fully saturated rings. The summed E-state index contributed by atoms with van der Waals surface area (Å²) < 4.78 is 0. The van der Waals surface area contributed by atoms with Gasteiger partial charge in [0.05, 0.1) is 12.0 Å². The van der Waals surface area contributed by atoms with E-state index in [1.54, 1.807) is 4.80 Å². The Bertz CT molecular complexity index is 300. The van der Waals surface area contributed by atoms with Gasteiger partial charge in [-0.3, -0.25) is 0 Å². The van der Waals surface area contributed by atoms with Crippen molar-refractivity contribution in [2.45, 2.75) is 32.7 Å². The lowest BCUT2D eigenvalue weighted by Crippen LogP contribution is -2.24. The Hall–Kier alpha value is -1.37. The minimum atomic E-state index is -0.125. The second-order valence-corrected chi connectivity index (χ2v) is 3.55. The largest absolute Gasteiger partial charge is 0.186 e. The average molecular weight is 164 g/mol. The SMILES string of the molecule is C#CCc1nnn(C(C)(C)C)n1. The third-order valence-electron chi connectivity index (χ3n) is 1.32. The summed E-state index contributed by atoms with van der Waals surface area (Å²) in [5.41, 5.74) is -0.125. The first-order valence-electron chi connectivity index (χ1n) is 3.77. The van der Waals surface area contributed by atoms with E-state index in [1.165, 1.54) is 0 Å². The highest BCUT2D eigenvalue weighted by molar-refractivity contribution is 4.96. The molecule has 0 spiro atoms. The summed E-state index contributed by atoms with van der Waals surface area (Å²) in [5, 5.41) is 11.8. The lowest BCUT2D eigenvalue weighted by Gasteiger charge is -2.15. The van der Waals surface area contributed by atoms with Crippen LogP contribution in [-0.2, 0) is 12.0 Å². The van der Waals surface area contributed by atoms with E-state index in [9.17, 15) is 0 Å². The van der Waals surface area contributed by atoms with Crippen molar-refractivity contribution in [1.82, 2.24) is 20.2 Å². The molecule has 0 atom stereocenters. The highest BCUT2D eigenvalue weighted by Gasteiger charge is 2.16. The Balaban J connectivity index is 2.86. The highest BCUT2D eigenvalue weighted by atomic mass is 15.6. The monoisotopic (exact) mass is 164 g/mol. The fourth-order valence-electron chi connectivity index (χ4n) is 0.689. The summed E-state index contributed by atoms with van der Waals surface area (Å²) in [7, 11) is 0. The van der Waals surface area contributed by atoms with Gasteiger partial charge in [-0.25, -0.2) is 0 Å². The zero-order valence-corrected chi connectivity index (χ0v) is 7.57. The van der Waals surface area contributed by atoms with Crippen LogP contribution in [0, 0.1) is 12.3 Å². The maximum atomic E-state index is 5.11. The number of terminal acetylenes is 1. The molecule has 0 aliphatic heterocycles. The van der Waals surface area contributed by atoms with Gasteiger partial charge in [0.2, 0.25) is 0 Å². The Labute approximate surface area is 72.0 Å². The van der Waals surface area contributed by atoms with Gasteiger partial charge >= 0.3 is 0 Å². The first-order valence-corrected chi connectivity index (χ1v) is 3.77. The third-order valence-corrected chi connectivity index (χ3v) is 1.32. The highest BCUT2D eigenvalue weighted by Crippen LogP contribution is 2.08. The van der Waals surface area contributed by atoms with Crippen molar-refractivity contribution in [3.63, 3.8) is 0 Å². The minimum Gasteiger partial charge on any atom is -0.159 e. The zero-order chi connectivity index (χ0) is 9.19. The summed E-state index contributed by atoms with van der Waals surface area (Å²) in [5.74, 6) is 3.07. The van der Waals surface area contributed by atoms with Crippen LogP contribution in [0.15, 0.2) is 0 Å². The molecule has 0 aliphatic carbocycles. The molecular weight excluding hydrogens is 152 g/mol. The number of hydrogen-bond acceptors (Lipinski definition) is 3. The average Bonchev–Trinajstić information content (AvgIpc) is 2.35. The molecule has 1 aromatic rings. The van der Waals surface area contributed by atoms with Crippen LogP contribution in [-0.4, -0.2) is 20.2 Å². The molecule has 4 nitrogen and oxygen atoms in total. The van der Waals surface area contributed by atoms with Gasteiger partial charge < -0.3 is 0 Å². The molecule has 0 unspecified atom stereocenters. The quantitative estimate of drug-likeness (QED) is 0.571. The molecule has 0 N–H and O–H groups in total. The third kappa shape index (κ3) is 1.82. The predicted octanol–water partition coefficient (Wildman–Crippen LogP) is 0.604. The van der Waals surface area contributed by atoms with Crippen LogP contribution in [0.25, 0.3) is 0 Å². The standard InChI is InChI=1S/C8H12N4/c1-5-6-7-9-11-12(10-7)8(2,3)4/h1H,6H2,2-4H3. The van der Waals surface area contributed by atoms with Crippen molar-refractivity contribution in [3.05, 3.63) is 5.82 Å². The van der Waals surface area contributed by atoms with E-state index in [0.717, 1.165) is 0 Å². The van der Waals surface area contributed by atoms with Crippen molar-refractivity contribution in [3.8, 4) is 12.3 Å². The molecule has 0 amide bonds. The second kappa shape index (κ2) is 2.94. The van der Waals surface area contributed by atoms with E-state index >= 15 is 0 Å². The number of hydrogen-bond donors (Lipinski definition) is 0. The van der Waals surface area contributed by atoms with Crippen molar-refractivity contribution < 1.29 is 0 Å². The summed E-state index contributed by atoms with van der Waals surface area (Å²) in [4.78, 5) is 1.57. The van der Waals surface area contributed by atoms with E-state index in [2.05, 4.69) is 21.3 Å². The first kappa shape index (κ1) is 8.72. The summed E-state index contributed by atoms with van der Waals surface area (Å²) in [6.07, 6.45) is 5.55. The summed E-state index contributed by atoms with van der Waals surface area (Å²) >= 11 is 0. The van der Waals surface area contributed by atoms with E-state index < -0.39 is 0 Å². The van der Waals surface area contributed by atoms with Gasteiger partial charge in [0.1, 0.15) is 0 Å². The van der Waals surface area contributed by atoms with Crippen LogP contribution in [0.3, 0.4) is 0 Å². The Morgan fingerprint density at radius 1 is 1.50 bits per heavy atom. The van der Waals surface area contributed by atoms with Crippen LogP contribution >= 0.6 is 0 Å². The molecule has 0 saturated carbocycles. The van der Waals surface area contributed by atoms with E-state index in [-0.39, 0.29) is 5.54 Å². The Kier molecular flexibility index (Phi) is 2.13. The van der Waals surface area contributed by atoms with Gasteiger partial charge in [-0.15, -0.1) is 16.6 Å². The van der Waals surface area contributed by atoms with Crippen LogP contribution in [0.4, 0.5) is 0 Å². The molecule has 12 heavy (non-hydrogen) atoms. The molecule has 1 rings (SSSR count).